The Bertz CT molecular complexity index is 1190. The fourth-order valence-corrected chi connectivity index (χ4v) is 6.66. The Morgan fingerprint density at radius 1 is 1.12 bits per heavy atom. The minimum atomic E-state index is -3.79. The molecule has 1 amide bonds. The molecule has 0 radical (unpaired) electrons. The zero-order valence-corrected chi connectivity index (χ0v) is 18.8. The Balaban J connectivity index is 1.27. The van der Waals surface area contributed by atoms with Crippen LogP contribution in [0.4, 0.5) is 0 Å². The number of amidine groups is 1. The number of nitrogens with zero attached hydrogens (tertiary/aromatic N) is 2. The number of hydrogen-bond donors (Lipinski definition) is 2. The van der Waals surface area contributed by atoms with Crippen LogP contribution in [-0.2, 0) is 14.8 Å². The summed E-state index contributed by atoms with van der Waals surface area (Å²) in [5.41, 5.74) is 0.337. The number of benzene rings is 1. The van der Waals surface area contributed by atoms with Gasteiger partial charge in [-0.15, -0.1) is 0 Å². The summed E-state index contributed by atoms with van der Waals surface area (Å²) in [5, 5.41) is 3.71. The van der Waals surface area contributed by atoms with Crippen LogP contribution in [0.3, 0.4) is 0 Å². The summed E-state index contributed by atoms with van der Waals surface area (Å²) in [6.45, 7) is 0.387. The van der Waals surface area contributed by atoms with Gasteiger partial charge >= 0.3 is 0 Å². The van der Waals surface area contributed by atoms with E-state index in [2.05, 4.69) is 10.3 Å². The lowest BCUT2D eigenvalue weighted by Gasteiger charge is -2.34. The number of nitrogens with one attached hydrogen (secondary N) is 2. The lowest BCUT2D eigenvalue weighted by molar-refractivity contribution is -0.125. The van der Waals surface area contributed by atoms with Gasteiger partial charge < -0.3 is 10.3 Å². The van der Waals surface area contributed by atoms with Gasteiger partial charge in [0, 0.05) is 41.7 Å². The standard InChI is InChI=1S/C23H28N4O4S/c28-20(18-7-4-8-19-17(18)9-12-24-19)15-32(30,31)27-13-10-23(11-14-27)22(29)25-21(26-23)16-5-2-1-3-6-16/h4,7-9,12,16,24H,1-3,5-6,10-11,13-15H2,(H,25,26,29). The minimum Gasteiger partial charge on any atom is -0.361 e. The van der Waals surface area contributed by atoms with Crippen LogP contribution >= 0.6 is 0 Å². The summed E-state index contributed by atoms with van der Waals surface area (Å²) in [7, 11) is -3.79. The van der Waals surface area contributed by atoms with E-state index < -0.39 is 27.1 Å². The van der Waals surface area contributed by atoms with Crippen LogP contribution in [0, 0.1) is 5.92 Å². The van der Waals surface area contributed by atoms with E-state index in [9.17, 15) is 18.0 Å². The van der Waals surface area contributed by atoms with E-state index in [1.165, 1.54) is 10.7 Å². The van der Waals surface area contributed by atoms with Gasteiger partial charge in [0.25, 0.3) is 5.91 Å². The molecule has 1 aromatic heterocycles. The minimum absolute atomic E-state index is 0.106. The van der Waals surface area contributed by atoms with Gasteiger partial charge in [0.1, 0.15) is 17.1 Å². The molecule has 2 aliphatic heterocycles. The molecule has 1 aliphatic carbocycles. The molecule has 1 aromatic carbocycles. The summed E-state index contributed by atoms with van der Waals surface area (Å²) < 4.78 is 27.3. The van der Waals surface area contributed by atoms with E-state index in [0.717, 1.165) is 42.4 Å². The second kappa shape index (κ2) is 8.12. The third kappa shape index (κ3) is 3.77. The number of piperidine rings is 1. The Morgan fingerprint density at radius 3 is 2.62 bits per heavy atom. The van der Waals surface area contributed by atoms with Crippen molar-refractivity contribution in [2.24, 2.45) is 10.9 Å². The lowest BCUT2D eigenvalue weighted by atomic mass is 9.88. The molecule has 9 heteroatoms. The number of fused-ring (bicyclic) bond motifs is 1. The van der Waals surface area contributed by atoms with Crippen molar-refractivity contribution in [2.45, 2.75) is 50.5 Å². The largest absolute Gasteiger partial charge is 0.361 e. The van der Waals surface area contributed by atoms with E-state index in [1.54, 1.807) is 24.4 Å². The molecule has 0 atom stereocenters. The Hall–Kier alpha value is -2.52. The van der Waals surface area contributed by atoms with Crippen LogP contribution in [0.25, 0.3) is 10.9 Å². The SMILES string of the molecule is O=C(CS(=O)(=O)N1CCC2(CC1)N=C(C1CCCCC1)NC2=O)c1cccc2[nH]ccc12. The second-order valence-electron chi connectivity index (χ2n) is 9.14. The molecule has 8 nitrogen and oxygen atoms in total. The Morgan fingerprint density at radius 2 is 1.88 bits per heavy atom. The zero-order valence-electron chi connectivity index (χ0n) is 18.0. The number of ketones is 1. The van der Waals surface area contributed by atoms with Gasteiger partial charge in [0.15, 0.2) is 5.78 Å². The van der Waals surface area contributed by atoms with Crippen molar-refractivity contribution in [3.05, 3.63) is 36.0 Å². The number of amides is 1. The van der Waals surface area contributed by atoms with Crippen molar-refractivity contribution in [1.29, 1.82) is 0 Å². The first kappa shape index (κ1) is 21.3. The van der Waals surface area contributed by atoms with Gasteiger partial charge in [-0.05, 0) is 37.8 Å². The first-order valence-electron chi connectivity index (χ1n) is 11.4. The highest BCUT2D eigenvalue weighted by atomic mass is 32.2. The average molecular weight is 457 g/mol. The number of carbonyl (C=O) groups excluding carboxylic acids is 2. The molecule has 2 aromatic rings. The number of aliphatic imine (C=N–C) groups is 1. The maximum Gasteiger partial charge on any atom is 0.253 e. The number of aromatic amines is 1. The third-order valence-corrected chi connectivity index (χ3v) is 8.92. The molecule has 3 heterocycles. The van der Waals surface area contributed by atoms with E-state index in [0.29, 0.717) is 24.3 Å². The monoisotopic (exact) mass is 456 g/mol. The molecule has 2 fully saturated rings. The summed E-state index contributed by atoms with van der Waals surface area (Å²) in [6.07, 6.45) is 8.05. The highest BCUT2D eigenvalue weighted by Crippen LogP contribution is 2.35. The van der Waals surface area contributed by atoms with Crippen molar-refractivity contribution in [2.75, 3.05) is 18.8 Å². The quantitative estimate of drug-likeness (QED) is 0.674. The zero-order chi connectivity index (χ0) is 22.3. The van der Waals surface area contributed by atoms with Crippen molar-refractivity contribution < 1.29 is 18.0 Å². The second-order valence-corrected chi connectivity index (χ2v) is 11.1. The summed E-state index contributed by atoms with van der Waals surface area (Å²) in [5.74, 6) is -0.00648. The van der Waals surface area contributed by atoms with Crippen LogP contribution in [0.1, 0.15) is 55.3 Å². The molecule has 2 N–H and O–H groups in total. The van der Waals surface area contributed by atoms with Crippen molar-refractivity contribution in [3.63, 3.8) is 0 Å². The van der Waals surface area contributed by atoms with E-state index >= 15 is 0 Å². The number of sulfonamides is 1. The van der Waals surface area contributed by atoms with Gasteiger partial charge in [0.05, 0.1) is 0 Å². The van der Waals surface area contributed by atoms with Crippen molar-refractivity contribution in [3.8, 4) is 0 Å². The molecule has 170 valence electrons. The van der Waals surface area contributed by atoms with Crippen LogP contribution in [0.15, 0.2) is 35.5 Å². The number of aromatic nitrogens is 1. The Labute approximate surface area is 187 Å². The molecule has 5 rings (SSSR count). The normalized spacial score (nSPS) is 22.2. The molecule has 0 unspecified atom stereocenters. The first-order chi connectivity index (χ1) is 15.4. The molecular weight excluding hydrogens is 428 g/mol. The van der Waals surface area contributed by atoms with Gasteiger partial charge in [-0.1, -0.05) is 31.4 Å². The van der Waals surface area contributed by atoms with E-state index in [-0.39, 0.29) is 19.0 Å². The van der Waals surface area contributed by atoms with E-state index in [4.69, 9.17) is 4.99 Å². The van der Waals surface area contributed by atoms with Crippen LogP contribution < -0.4 is 5.32 Å². The predicted octanol–water partition coefficient (Wildman–Crippen LogP) is 2.62. The van der Waals surface area contributed by atoms with Gasteiger partial charge in [-0.3, -0.25) is 14.6 Å². The molecule has 1 saturated heterocycles. The van der Waals surface area contributed by atoms with E-state index in [1.807, 2.05) is 6.07 Å². The fourth-order valence-electron chi connectivity index (χ4n) is 5.25. The highest BCUT2D eigenvalue weighted by molar-refractivity contribution is 7.89. The molecular formula is C23H28N4O4S. The van der Waals surface area contributed by atoms with Gasteiger partial charge in [0.2, 0.25) is 10.0 Å². The lowest BCUT2D eigenvalue weighted by Crippen LogP contribution is -2.51. The van der Waals surface area contributed by atoms with Gasteiger partial charge in [-0.25, -0.2) is 12.7 Å². The van der Waals surface area contributed by atoms with Crippen LogP contribution in [0.5, 0.6) is 0 Å². The summed E-state index contributed by atoms with van der Waals surface area (Å²) >= 11 is 0. The van der Waals surface area contributed by atoms with Crippen LogP contribution in [-0.4, -0.2) is 59.6 Å². The molecule has 0 bridgehead atoms. The third-order valence-electron chi connectivity index (χ3n) is 7.14. The number of rotatable bonds is 5. The first-order valence-corrected chi connectivity index (χ1v) is 13.0. The highest BCUT2D eigenvalue weighted by Gasteiger charge is 2.48. The predicted molar refractivity (Wildman–Crippen MR) is 122 cm³/mol. The average Bonchev–Trinajstić information content (AvgIpc) is 3.39. The van der Waals surface area contributed by atoms with Crippen LogP contribution in [0.2, 0.25) is 0 Å². The smallest absolute Gasteiger partial charge is 0.253 e. The number of carbonyl (C=O) groups is 2. The number of Topliss-reactive ketones (excluding diaryl/α,β-unsaturated/α-hetero) is 1. The van der Waals surface area contributed by atoms with Crippen molar-refractivity contribution >= 4 is 38.5 Å². The molecule has 1 saturated carbocycles. The summed E-state index contributed by atoms with van der Waals surface area (Å²) in [6, 6.07) is 7.02. The molecule has 32 heavy (non-hydrogen) atoms. The Kier molecular flexibility index (Phi) is 5.41. The maximum absolute atomic E-state index is 13.0. The summed E-state index contributed by atoms with van der Waals surface area (Å²) in [4.78, 5) is 33.4. The number of H-pyrrole nitrogens is 1. The molecule has 3 aliphatic rings. The molecule has 1 spiro atoms. The maximum atomic E-state index is 13.0. The van der Waals surface area contributed by atoms with Gasteiger partial charge in [-0.2, -0.15) is 0 Å². The number of hydrogen-bond acceptors (Lipinski definition) is 5. The fraction of sp³-hybridized carbons (Fsp3) is 0.522. The van der Waals surface area contributed by atoms with Crippen molar-refractivity contribution in [1.82, 2.24) is 14.6 Å². The topological polar surface area (TPSA) is 112 Å².